The van der Waals surface area contributed by atoms with Gasteiger partial charge in [0.25, 0.3) is 5.91 Å². The van der Waals surface area contributed by atoms with Crippen LogP contribution in [0, 0.1) is 6.92 Å². The van der Waals surface area contributed by atoms with Gasteiger partial charge >= 0.3 is 0 Å². The third-order valence-electron chi connectivity index (χ3n) is 4.16. The van der Waals surface area contributed by atoms with Crippen LogP contribution in [0.5, 0.6) is 5.75 Å². The Hall–Kier alpha value is -2.58. The topological polar surface area (TPSA) is 71.5 Å². The molecule has 0 spiro atoms. The van der Waals surface area contributed by atoms with Crippen LogP contribution in [0.1, 0.15) is 22.5 Å². The number of carbonyl (C=O) groups excluding carboxylic acids is 1. The fraction of sp³-hybridized carbons (Fsp3) is 0.368. The standard InChI is InChI=1S/C19H23N5O2S/c1-13-6-7-15(26-4)16-17(13)27-19(22-16)24(11-5-10-23(2)3)18(25)14-12-20-8-9-21-14/h6-9,12H,5,10-11H2,1-4H3. The number of methoxy groups -OCH3 is 1. The van der Waals surface area contributed by atoms with Gasteiger partial charge in [0.05, 0.1) is 18.0 Å². The summed E-state index contributed by atoms with van der Waals surface area (Å²) in [5.74, 6) is 0.510. The molecule has 3 rings (SSSR count). The van der Waals surface area contributed by atoms with Gasteiger partial charge in [0.15, 0.2) is 5.13 Å². The second-order valence-electron chi connectivity index (χ2n) is 6.46. The molecule has 3 aromatic rings. The molecule has 0 saturated heterocycles. The molecule has 0 bridgehead atoms. The van der Waals surface area contributed by atoms with Crippen LogP contribution in [0.25, 0.3) is 10.2 Å². The smallest absolute Gasteiger partial charge is 0.280 e. The second-order valence-corrected chi connectivity index (χ2v) is 7.44. The van der Waals surface area contributed by atoms with E-state index in [-0.39, 0.29) is 5.91 Å². The first kappa shape index (κ1) is 19.2. The number of anilines is 1. The molecule has 0 atom stereocenters. The van der Waals surface area contributed by atoms with Gasteiger partial charge in [-0.3, -0.25) is 14.7 Å². The van der Waals surface area contributed by atoms with Crippen molar-refractivity contribution in [1.29, 1.82) is 0 Å². The highest BCUT2D eigenvalue weighted by atomic mass is 32.1. The van der Waals surface area contributed by atoms with Crippen molar-refractivity contribution >= 4 is 32.6 Å². The molecule has 0 fully saturated rings. The normalized spacial score (nSPS) is 11.1. The summed E-state index contributed by atoms with van der Waals surface area (Å²) in [5.41, 5.74) is 2.20. The summed E-state index contributed by atoms with van der Waals surface area (Å²) < 4.78 is 6.47. The third kappa shape index (κ3) is 4.23. The maximum atomic E-state index is 13.1. The zero-order valence-corrected chi connectivity index (χ0v) is 16.8. The third-order valence-corrected chi connectivity index (χ3v) is 5.37. The van der Waals surface area contributed by atoms with E-state index in [0.29, 0.717) is 23.1 Å². The number of aromatic nitrogens is 3. The Balaban J connectivity index is 2.00. The number of hydrogen-bond acceptors (Lipinski definition) is 7. The van der Waals surface area contributed by atoms with Gasteiger partial charge in [0.2, 0.25) is 0 Å². The molecule has 0 aliphatic carbocycles. The van der Waals surface area contributed by atoms with Gasteiger partial charge in [0.1, 0.15) is 17.0 Å². The van der Waals surface area contributed by atoms with Crippen molar-refractivity contribution in [3.05, 3.63) is 42.0 Å². The van der Waals surface area contributed by atoms with Crippen LogP contribution in [0.15, 0.2) is 30.7 Å². The molecule has 7 nitrogen and oxygen atoms in total. The van der Waals surface area contributed by atoms with Crippen LogP contribution >= 0.6 is 11.3 Å². The number of thiazole rings is 1. The number of amides is 1. The van der Waals surface area contributed by atoms with E-state index in [4.69, 9.17) is 9.72 Å². The van der Waals surface area contributed by atoms with E-state index in [0.717, 1.165) is 28.7 Å². The van der Waals surface area contributed by atoms with E-state index >= 15 is 0 Å². The lowest BCUT2D eigenvalue weighted by atomic mass is 10.2. The first-order chi connectivity index (χ1) is 13.0. The number of fused-ring (bicyclic) bond motifs is 1. The van der Waals surface area contributed by atoms with E-state index in [1.165, 1.54) is 23.7 Å². The van der Waals surface area contributed by atoms with Crippen LogP contribution < -0.4 is 9.64 Å². The van der Waals surface area contributed by atoms with Crippen molar-refractivity contribution < 1.29 is 9.53 Å². The molecule has 1 aromatic carbocycles. The van der Waals surface area contributed by atoms with Gasteiger partial charge in [-0.05, 0) is 45.6 Å². The summed E-state index contributed by atoms with van der Waals surface area (Å²) in [4.78, 5) is 29.8. The molecule has 0 radical (unpaired) electrons. The van der Waals surface area contributed by atoms with Crippen LogP contribution in [-0.4, -0.2) is 60.1 Å². The van der Waals surface area contributed by atoms with E-state index in [1.54, 1.807) is 18.2 Å². The number of rotatable bonds is 7. The first-order valence-corrected chi connectivity index (χ1v) is 9.49. The van der Waals surface area contributed by atoms with Gasteiger partial charge < -0.3 is 9.64 Å². The predicted octanol–water partition coefficient (Wildman–Crippen LogP) is 3.00. The van der Waals surface area contributed by atoms with Gasteiger partial charge in [0, 0.05) is 18.9 Å². The summed E-state index contributed by atoms with van der Waals surface area (Å²) in [6.07, 6.45) is 5.39. The van der Waals surface area contributed by atoms with Gasteiger partial charge in [-0.2, -0.15) is 0 Å². The summed E-state index contributed by atoms with van der Waals surface area (Å²) in [6, 6.07) is 3.91. The molecular formula is C19H23N5O2S. The quantitative estimate of drug-likeness (QED) is 0.623. The van der Waals surface area contributed by atoms with E-state index in [1.807, 2.05) is 33.2 Å². The van der Waals surface area contributed by atoms with E-state index in [2.05, 4.69) is 14.9 Å². The molecule has 0 N–H and O–H groups in total. The molecule has 0 aliphatic rings. The number of hydrogen-bond donors (Lipinski definition) is 0. The molecule has 2 aromatic heterocycles. The van der Waals surface area contributed by atoms with Crippen molar-refractivity contribution in [2.75, 3.05) is 39.2 Å². The number of ether oxygens (including phenoxy) is 1. The average Bonchev–Trinajstić information content (AvgIpc) is 3.11. The molecule has 0 saturated carbocycles. The Labute approximate surface area is 162 Å². The molecule has 142 valence electrons. The van der Waals surface area contributed by atoms with E-state index < -0.39 is 0 Å². The van der Waals surface area contributed by atoms with Crippen molar-refractivity contribution in [3.8, 4) is 5.75 Å². The highest BCUT2D eigenvalue weighted by molar-refractivity contribution is 7.22. The maximum Gasteiger partial charge on any atom is 0.280 e. The summed E-state index contributed by atoms with van der Waals surface area (Å²) in [7, 11) is 5.66. The Morgan fingerprint density at radius 2 is 2.04 bits per heavy atom. The van der Waals surface area contributed by atoms with E-state index in [9.17, 15) is 4.79 Å². The lowest BCUT2D eigenvalue weighted by Gasteiger charge is -2.20. The number of nitrogens with zero attached hydrogens (tertiary/aromatic N) is 5. The van der Waals surface area contributed by atoms with Crippen molar-refractivity contribution in [2.45, 2.75) is 13.3 Å². The maximum absolute atomic E-state index is 13.1. The van der Waals surface area contributed by atoms with Crippen molar-refractivity contribution in [3.63, 3.8) is 0 Å². The minimum Gasteiger partial charge on any atom is -0.494 e. The number of benzene rings is 1. The van der Waals surface area contributed by atoms with Gasteiger partial charge in [-0.25, -0.2) is 9.97 Å². The molecule has 27 heavy (non-hydrogen) atoms. The van der Waals surface area contributed by atoms with Crippen LogP contribution in [0.4, 0.5) is 5.13 Å². The molecule has 1 amide bonds. The zero-order valence-electron chi connectivity index (χ0n) is 16.0. The first-order valence-electron chi connectivity index (χ1n) is 8.68. The average molecular weight is 385 g/mol. The minimum absolute atomic E-state index is 0.197. The summed E-state index contributed by atoms with van der Waals surface area (Å²) in [6.45, 7) is 3.46. The predicted molar refractivity (Wildman–Crippen MR) is 108 cm³/mol. The Morgan fingerprint density at radius 1 is 1.22 bits per heavy atom. The van der Waals surface area contributed by atoms with Crippen LogP contribution in [0.3, 0.4) is 0 Å². The van der Waals surface area contributed by atoms with Gasteiger partial charge in [-0.1, -0.05) is 17.4 Å². The monoisotopic (exact) mass is 385 g/mol. The molecular weight excluding hydrogens is 362 g/mol. The fourth-order valence-corrected chi connectivity index (χ4v) is 3.83. The molecule has 0 unspecified atom stereocenters. The fourth-order valence-electron chi connectivity index (χ4n) is 2.76. The highest BCUT2D eigenvalue weighted by Gasteiger charge is 2.23. The molecule has 0 aliphatic heterocycles. The Morgan fingerprint density at radius 3 is 2.70 bits per heavy atom. The summed E-state index contributed by atoms with van der Waals surface area (Å²) >= 11 is 1.50. The zero-order chi connectivity index (χ0) is 19.4. The van der Waals surface area contributed by atoms with Crippen molar-refractivity contribution in [2.24, 2.45) is 0 Å². The summed E-state index contributed by atoms with van der Waals surface area (Å²) in [5, 5.41) is 0.645. The Bertz CT molecular complexity index is 926. The largest absolute Gasteiger partial charge is 0.494 e. The van der Waals surface area contributed by atoms with Gasteiger partial charge in [-0.15, -0.1) is 0 Å². The number of aryl methyl sites for hydroxylation is 1. The van der Waals surface area contributed by atoms with Crippen molar-refractivity contribution in [1.82, 2.24) is 19.9 Å². The van der Waals surface area contributed by atoms with Crippen LogP contribution in [0.2, 0.25) is 0 Å². The lowest BCUT2D eigenvalue weighted by Crippen LogP contribution is -2.34. The SMILES string of the molecule is COc1ccc(C)c2sc(N(CCCN(C)C)C(=O)c3cnccn3)nc12. The molecule has 8 heteroatoms. The second kappa shape index (κ2) is 8.41. The van der Waals surface area contributed by atoms with Crippen LogP contribution in [-0.2, 0) is 0 Å². The highest BCUT2D eigenvalue weighted by Crippen LogP contribution is 2.36. The Kier molecular flexibility index (Phi) is 5.98. The lowest BCUT2D eigenvalue weighted by molar-refractivity contribution is 0.0981. The number of carbonyl (C=O) groups is 1. The minimum atomic E-state index is -0.197. The molecule has 2 heterocycles.